The van der Waals surface area contributed by atoms with Crippen LogP contribution in [0, 0.1) is 11.6 Å². The van der Waals surface area contributed by atoms with Gasteiger partial charge in [0.15, 0.2) is 0 Å². The molecule has 2 N–H and O–H groups in total. The van der Waals surface area contributed by atoms with E-state index in [2.05, 4.69) is 0 Å². The lowest BCUT2D eigenvalue weighted by atomic mass is 10.3. The van der Waals surface area contributed by atoms with Crippen molar-refractivity contribution < 1.29 is 8.78 Å². The van der Waals surface area contributed by atoms with Crippen molar-refractivity contribution in [1.29, 1.82) is 0 Å². The van der Waals surface area contributed by atoms with Crippen LogP contribution in [0.25, 0.3) is 0 Å². The van der Waals surface area contributed by atoms with Gasteiger partial charge in [-0.05, 0) is 6.07 Å². The predicted molar refractivity (Wildman–Crippen MR) is 47.1 cm³/mol. The molecule has 0 unspecified atom stereocenters. The highest BCUT2D eigenvalue weighted by Crippen LogP contribution is 2.22. The number of hydrogen-bond acceptors (Lipinski definition) is 1. The largest absolute Gasteiger partial charge is 0.397 e. The Bertz CT molecular complexity index is 240. The Labute approximate surface area is 75.1 Å². The lowest BCUT2D eigenvalue weighted by molar-refractivity contribution is 0.585. The second kappa shape index (κ2) is 4.93. The van der Waals surface area contributed by atoms with Crippen LogP contribution in [0.2, 0.25) is 5.02 Å². The van der Waals surface area contributed by atoms with Gasteiger partial charge in [-0.2, -0.15) is 0 Å². The van der Waals surface area contributed by atoms with Crippen molar-refractivity contribution >= 4 is 17.3 Å². The van der Waals surface area contributed by atoms with Gasteiger partial charge < -0.3 is 5.73 Å². The lowest BCUT2D eigenvalue weighted by Crippen LogP contribution is -1.90. The maximum absolute atomic E-state index is 12.4. The van der Waals surface area contributed by atoms with Gasteiger partial charge in [-0.3, -0.25) is 0 Å². The molecule has 68 valence electrons. The number of benzene rings is 1. The number of nitrogen functional groups attached to an aromatic ring is 1. The summed E-state index contributed by atoms with van der Waals surface area (Å²) in [6.07, 6.45) is 0. The molecule has 1 nitrogen and oxygen atoms in total. The van der Waals surface area contributed by atoms with E-state index in [-0.39, 0.29) is 10.7 Å². The van der Waals surface area contributed by atoms with Crippen molar-refractivity contribution in [3.8, 4) is 0 Å². The topological polar surface area (TPSA) is 26.0 Å². The molecule has 1 aromatic rings. The van der Waals surface area contributed by atoms with E-state index in [1.807, 2.05) is 13.8 Å². The minimum atomic E-state index is -0.834. The summed E-state index contributed by atoms with van der Waals surface area (Å²) < 4.78 is 24.6. The summed E-state index contributed by atoms with van der Waals surface area (Å²) in [7, 11) is 0. The van der Waals surface area contributed by atoms with Crippen LogP contribution < -0.4 is 5.73 Å². The zero-order valence-corrected chi connectivity index (χ0v) is 7.62. The van der Waals surface area contributed by atoms with Crippen molar-refractivity contribution in [2.75, 3.05) is 5.73 Å². The van der Waals surface area contributed by atoms with E-state index in [1.165, 1.54) is 0 Å². The number of hydrogen-bond donors (Lipinski definition) is 1. The van der Waals surface area contributed by atoms with Crippen molar-refractivity contribution in [2.24, 2.45) is 0 Å². The van der Waals surface area contributed by atoms with Crippen molar-refractivity contribution in [1.82, 2.24) is 0 Å². The first-order chi connectivity index (χ1) is 5.61. The lowest BCUT2D eigenvalue weighted by Gasteiger charge is -1.97. The molecule has 0 radical (unpaired) electrons. The fraction of sp³-hybridized carbons (Fsp3) is 0.250. The molecule has 1 aromatic carbocycles. The third kappa shape index (κ3) is 2.66. The average molecular weight is 194 g/mol. The molecule has 0 spiro atoms. The maximum atomic E-state index is 12.4. The van der Waals surface area contributed by atoms with Crippen LogP contribution in [0.15, 0.2) is 12.1 Å². The van der Waals surface area contributed by atoms with Crippen molar-refractivity contribution in [3.63, 3.8) is 0 Å². The van der Waals surface area contributed by atoms with Crippen LogP contribution >= 0.6 is 11.6 Å². The second-order valence-electron chi connectivity index (χ2n) is 1.79. The molecule has 12 heavy (non-hydrogen) atoms. The minimum absolute atomic E-state index is 0.0841. The Morgan fingerprint density at radius 3 is 2.17 bits per heavy atom. The fourth-order valence-corrected chi connectivity index (χ4v) is 0.685. The monoisotopic (exact) mass is 193 g/mol. The van der Waals surface area contributed by atoms with Crippen LogP contribution in [-0.2, 0) is 0 Å². The van der Waals surface area contributed by atoms with Crippen LogP contribution in [0.4, 0.5) is 14.5 Å². The number of anilines is 1. The third-order valence-corrected chi connectivity index (χ3v) is 1.42. The first kappa shape index (κ1) is 11.2. The Balaban J connectivity index is 0.000000561. The minimum Gasteiger partial charge on any atom is -0.397 e. The fourth-order valence-electron chi connectivity index (χ4n) is 0.576. The molecule has 0 aliphatic carbocycles. The molecule has 0 aliphatic rings. The zero-order valence-electron chi connectivity index (χ0n) is 6.87. The third-order valence-electron chi connectivity index (χ3n) is 1.02. The molecule has 0 saturated carbocycles. The van der Waals surface area contributed by atoms with Crippen LogP contribution in [0.1, 0.15) is 13.8 Å². The van der Waals surface area contributed by atoms with Gasteiger partial charge in [0.1, 0.15) is 11.6 Å². The van der Waals surface area contributed by atoms with E-state index < -0.39 is 11.6 Å². The molecule has 0 bridgehead atoms. The average Bonchev–Trinajstić information content (AvgIpc) is 2.04. The van der Waals surface area contributed by atoms with Gasteiger partial charge in [-0.25, -0.2) is 8.78 Å². The summed E-state index contributed by atoms with van der Waals surface area (Å²) in [6.45, 7) is 4.00. The quantitative estimate of drug-likeness (QED) is 0.497. The molecule has 0 saturated heterocycles. The molecule has 0 heterocycles. The van der Waals surface area contributed by atoms with Gasteiger partial charge in [0.2, 0.25) is 0 Å². The van der Waals surface area contributed by atoms with Crippen LogP contribution in [0.3, 0.4) is 0 Å². The van der Waals surface area contributed by atoms with Crippen LogP contribution in [0.5, 0.6) is 0 Å². The first-order valence-corrected chi connectivity index (χ1v) is 3.89. The van der Waals surface area contributed by atoms with E-state index >= 15 is 0 Å². The highest BCUT2D eigenvalue weighted by Gasteiger charge is 2.04. The molecule has 0 aromatic heterocycles. The van der Waals surface area contributed by atoms with Gasteiger partial charge in [0, 0.05) is 6.07 Å². The zero-order chi connectivity index (χ0) is 9.72. The summed E-state index contributed by atoms with van der Waals surface area (Å²) >= 11 is 5.28. The van der Waals surface area contributed by atoms with Crippen molar-refractivity contribution in [3.05, 3.63) is 28.8 Å². The Morgan fingerprint density at radius 2 is 1.75 bits per heavy atom. The van der Waals surface area contributed by atoms with Gasteiger partial charge in [0.25, 0.3) is 0 Å². The number of rotatable bonds is 0. The van der Waals surface area contributed by atoms with E-state index in [4.69, 9.17) is 17.3 Å². The highest BCUT2D eigenvalue weighted by atomic mass is 35.5. The van der Waals surface area contributed by atoms with E-state index in [0.29, 0.717) is 6.07 Å². The summed E-state index contributed by atoms with van der Waals surface area (Å²) in [5, 5.41) is -0.235. The molecule has 0 fully saturated rings. The summed E-state index contributed by atoms with van der Waals surface area (Å²) in [4.78, 5) is 0. The Morgan fingerprint density at radius 1 is 1.25 bits per heavy atom. The van der Waals surface area contributed by atoms with Gasteiger partial charge in [-0.1, -0.05) is 25.4 Å². The molecule has 4 heteroatoms. The van der Waals surface area contributed by atoms with Gasteiger partial charge >= 0.3 is 0 Å². The Kier molecular flexibility index (Phi) is 4.59. The van der Waals surface area contributed by atoms with Crippen molar-refractivity contribution in [2.45, 2.75) is 13.8 Å². The normalized spacial score (nSPS) is 8.75. The van der Waals surface area contributed by atoms with Gasteiger partial charge in [-0.15, -0.1) is 0 Å². The van der Waals surface area contributed by atoms with E-state index in [0.717, 1.165) is 6.07 Å². The molecular weight excluding hydrogens is 184 g/mol. The SMILES string of the molecule is CC.Nc1cc(F)cc(F)c1Cl. The Hall–Kier alpha value is -0.830. The number of halogens is 3. The van der Waals surface area contributed by atoms with Gasteiger partial charge in [0.05, 0.1) is 10.7 Å². The first-order valence-electron chi connectivity index (χ1n) is 3.51. The summed E-state index contributed by atoms with van der Waals surface area (Å²) in [5.74, 6) is -1.56. The van der Waals surface area contributed by atoms with E-state index in [9.17, 15) is 8.78 Å². The maximum Gasteiger partial charge on any atom is 0.146 e. The number of nitrogens with two attached hydrogens (primary N) is 1. The molecule has 0 atom stereocenters. The predicted octanol–water partition coefficient (Wildman–Crippen LogP) is 3.23. The highest BCUT2D eigenvalue weighted by molar-refractivity contribution is 6.33. The standard InChI is InChI=1S/C6H4ClF2N.C2H6/c7-6-4(9)1-3(8)2-5(6)10;1-2/h1-2H,10H2;1-2H3. The van der Waals surface area contributed by atoms with E-state index in [1.54, 1.807) is 0 Å². The summed E-state index contributed by atoms with van der Waals surface area (Å²) in [6, 6.07) is 1.64. The smallest absolute Gasteiger partial charge is 0.146 e. The molecule has 1 rings (SSSR count). The summed E-state index contributed by atoms with van der Waals surface area (Å²) in [5.41, 5.74) is 5.03. The van der Waals surface area contributed by atoms with Crippen LogP contribution in [-0.4, -0.2) is 0 Å². The molecule has 0 aliphatic heterocycles. The molecule has 0 amide bonds. The molecular formula is C8H10ClF2N. The second-order valence-corrected chi connectivity index (χ2v) is 2.17.